The lowest BCUT2D eigenvalue weighted by Gasteiger charge is -2.01. The highest BCUT2D eigenvalue weighted by atomic mass is 35.5. The minimum atomic E-state index is -0.180. The normalized spacial score (nSPS) is 15.7. The van der Waals surface area contributed by atoms with Crippen LogP contribution in [0.3, 0.4) is 0 Å². The monoisotopic (exact) mass is 344 g/mol. The van der Waals surface area contributed by atoms with Crippen molar-refractivity contribution in [3.8, 4) is 0 Å². The molecule has 0 aromatic heterocycles. The van der Waals surface area contributed by atoms with Gasteiger partial charge in [-0.05, 0) is 47.9 Å². The molecule has 0 saturated carbocycles. The first-order valence-electron chi connectivity index (χ1n) is 7.21. The van der Waals surface area contributed by atoms with Crippen LogP contribution in [-0.2, 0) is 11.2 Å². The van der Waals surface area contributed by atoms with Crippen molar-refractivity contribution >= 4 is 41.0 Å². The number of aryl methyl sites for hydroxylation is 1. The van der Waals surface area contributed by atoms with Crippen molar-refractivity contribution in [1.29, 1.82) is 0 Å². The molecule has 2 aromatic rings. The van der Waals surface area contributed by atoms with Crippen LogP contribution in [0.4, 0.5) is 0 Å². The molecule has 0 fully saturated rings. The van der Waals surface area contributed by atoms with E-state index in [2.05, 4.69) is 10.3 Å². The maximum atomic E-state index is 12.0. The zero-order valence-electron chi connectivity index (χ0n) is 12.2. The van der Waals surface area contributed by atoms with E-state index in [9.17, 15) is 4.79 Å². The number of benzene rings is 2. The lowest BCUT2D eigenvalue weighted by molar-refractivity contribution is -0.115. The lowest BCUT2D eigenvalue weighted by Crippen LogP contribution is -2.24. The maximum Gasteiger partial charge on any atom is 0.275 e. The first-order chi connectivity index (χ1) is 11.1. The van der Waals surface area contributed by atoms with Crippen LogP contribution in [0.1, 0.15) is 17.5 Å². The second-order valence-electron chi connectivity index (χ2n) is 5.22. The van der Waals surface area contributed by atoms with E-state index in [-0.39, 0.29) is 5.91 Å². The van der Waals surface area contributed by atoms with Crippen LogP contribution in [0.25, 0.3) is 6.08 Å². The molecule has 1 heterocycles. The van der Waals surface area contributed by atoms with Gasteiger partial charge in [0.05, 0.1) is 0 Å². The van der Waals surface area contributed by atoms with E-state index in [0.29, 0.717) is 28.0 Å². The summed E-state index contributed by atoms with van der Waals surface area (Å²) in [6.45, 7) is 0. The van der Waals surface area contributed by atoms with Gasteiger partial charge in [-0.3, -0.25) is 4.79 Å². The van der Waals surface area contributed by atoms with Crippen LogP contribution in [0.5, 0.6) is 0 Å². The predicted molar refractivity (Wildman–Crippen MR) is 94.8 cm³/mol. The fourth-order valence-corrected chi connectivity index (χ4v) is 2.65. The van der Waals surface area contributed by atoms with Gasteiger partial charge >= 0.3 is 0 Å². The fourth-order valence-electron chi connectivity index (χ4n) is 2.31. The van der Waals surface area contributed by atoms with Crippen molar-refractivity contribution < 1.29 is 4.79 Å². The molecule has 2 aromatic carbocycles. The molecule has 116 valence electrons. The molecule has 1 amide bonds. The Balaban J connectivity index is 1.70. The molecule has 0 unspecified atom stereocenters. The summed E-state index contributed by atoms with van der Waals surface area (Å²) in [5.74, 6) is 0.497. The van der Waals surface area contributed by atoms with E-state index in [1.165, 1.54) is 0 Å². The highest BCUT2D eigenvalue weighted by molar-refractivity contribution is 6.30. The summed E-state index contributed by atoms with van der Waals surface area (Å²) in [5, 5.41) is 4.18. The lowest BCUT2D eigenvalue weighted by atomic mass is 10.1. The molecule has 1 aliphatic rings. The highest BCUT2D eigenvalue weighted by Gasteiger charge is 2.19. The van der Waals surface area contributed by atoms with E-state index < -0.39 is 0 Å². The third-order valence-electron chi connectivity index (χ3n) is 3.46. The Labute approximate surface area is 144 Å². The fraction of sp³-hybridized carbons (Fsp3) is 0.111. The Morgan fingerprint density at radius 3 is 2.52 bits per heavy atom. The summed E-state index contributed by atoms with van der Waals surface area (Å²) in [7, 11) is 0. The highest BCUT2D eigenvalue weighted by Crippen LogP contribution is 2.17. The number of carbonyl (C=O) groups is 1. The minimum absolute atomic E-state index is 0.180. The van der Waals surface area contributed by atoms with Gasteiger partial charge in [-0.25, -0.2) is 4.99 Å². The van der Waals surface area contributed by atoms with Crippen LogP contribution in [0, 0.1) is 0 Å². The zero-order valence-corrected chi connectivity index (χ0v) is 13.7. The number of amides is 1. The first kappa shape index (κ1) is 15.8. The average Bonchev–Trinajstić information content (AvgIpc) is 2.88. The maximum absolute atomic E-state index is 12.0. The molecule has 0 atom stereocenters. The van der Waals surface area contributed by atoms with Crippen LogP contribution in [-0.4, -0.2) is 11.7 Å². The number of nitrogens with one attached hydrogen (secondary N) is 1. The van der Waals surface area contributed by atoms with Crippen LogP contribution in [0.15, 0.2) is 59.2 Å². The summed E-state index contributed by atoms with van der Waals surface area (Å²) >= 11 is 11.8. The Bertz CT molecular complexity index is 795. The Kier molecular flexibility index (Phi) is 4.79. The van der Waals surface area contributed by atoms with Gasteiger partial charge in [-0.1, -0.05) is 47.5 Å². The molecule has 0 saturated heterocycles. The second kappa shape index (κ2) is 6.99. The van der Waals surface area contributed by atoms with Gasteiger partial charge < -0.3 is 5.32 Å². The first-order valence-corrected chi connectivity index (χ1v) is 7.96. The van der Waals surface area contributed by atoms with E-state index >= 15 is 0 Å². The molecule has 1 aliphatic heterocycles. The molecular weight excluding hydrogens is 331 g/mol. The molecule has 0 spiro atoms. The van der Waals surface area contributed by atoms with Gasteiger partial charge in [0.25, 0.3) is 5.91 Å². The summed E-state index contributed by atoms with van der Waals surface area (Å²) in [6, 6.07) is 14.9. The predicted octanol–water partition coefficient (Wildman–Crippen LogP) is 4.50. The Morgan fingerprint density at radius 2 is 1.78 bits per heavy atom. The van der Waals surface area contributed by atoms with Crippen molar-refractivity contribution in [2.24, 2.45) is 4.99 Å². The zero-order chi connectivity index (χ0) is 16.2. The number of amidine groups is 1. The van der Waals surface area contributed by atoms with Crippen molar-refractivity contribution in [2.45, 2.75) is 12.8 Å². The Hall–Kier alpha value is -2.10. The number of nitrogens with zero attached hydrogens (tertiary/aromatic N) is 1. The average molecular weight is 345 g/mol. The third kappa shape index (κ3) is 4.21. The van der Waals surface area contributed by atoms with Crippen molar-refractivity contribution in [3.05, 3.63) is 75.4 Å². The van der Waals surface area contributed by atoms with Gasteiger partial charge in [0.2, 0.25) is 0 Å². The number of hydrogen-bond acceptors (Lipinski definition) is 2. The van der Waals surface area contributed by atoms with Crippen molar-refractivity contribution in [2.75, 3.05) is 0 Å². The molecule has 5 heteroatoms. The molecule has 0 radical (unpaired) electrons. The van der Waals surface area contributed by atoms with Gasteiger partial charge in [-0.2, -0.15) is 0 Å². The van der Waals surface area contributed by atoms with Crippen molar-refractivity contribution in [1.82, 2.24) is 5.32 Å². The SMILES string of the molecule is O=C1NC(CCc2cccc(Cl)c2)=N/C1=C/c1ccc(Cl)cc1. The molecule has 1 N–H and O–H groups in total. The van der Waals surface area contributed by atoms with E-state index in [1.54, 1.807) is 18.2 Å². The summed E-state index contributed by atoms with van der Waals surface area (Å²) in [4.78, 5) is 16.4. The third-order valence-corrected chi connectivity index (χ3v) is 3.95. The van der Waals surface area contributed by atoms with Crippen molar-refractivity contribution in [3.63, 3.8) is 0 Å². The van der Waals surface area contributed by atoms with Crippen LogP contribution in [0.2, 0.25) is 10.0 Å². The van der Waals surface area contributed by atoms with Gasteiger partial charge in [-0.15, -0.1) is 0 Å². The molecule has 0 aliphatic carbocycles. The van der Waals surface area contributed by atoms with Crippen LogP contribution >= 0.6 is 23.2 Å². The number of rotatable bonds is 4. The number of aliphatic imine (C=N–C) groups is 1. The smallest absolute Gasteiger partial charge is 0.275 e. The standard InChI is InChI=1S/C18H14Cl2N2O/c19-14-7-4-13(5-8-14)11-16-18(23)22-17(21-16)9-6-12-2-1-3-15(20)10-12/h1-5,7-8,10-11H,6,9H2,(H,21,22,23)/b16-11+. The molecule has 3 rings (SSSR count). The largest absolute Gasteiger partial charge is 0.309 e. The minimum Gasteiger partial charge on any atom is -0.309 e. The summed E-state index contributed by atoms with van der Waals surface area (Å²) < 4.78 is 0. The Morgan fingerprint density at radius 1 is 1.00 bits per heavy atom. The molecular formula is C18H14Cl2N2O. The van der Waals surface area contributed by atoms with E-state index in [1.807, 2.05) is 36.4 Å². The quantitative estimate of drug-likeness (QED) is 0.815. The molecule has 3 nitrogen and oxygen atoms in total. The number of carbonyl (C=O) groups excluding carboxylic acids is 1. The topological polar surface area (TPSA) is 41.5 Å². The van der Waals surface area contributed by atoms with E-state index in [0.717, 1.165) is 17.5 Å². The molecule has 0 bridgehead atoms. The summed E-state index contributed by atoms with van der Waals surface area (Å²) in [6.07, 6.45) is 3.18. The van der Waals surface area contributed by atoms with E-state index in [4.69, 9.17) is 23.2 Å². The number of halogens is 2. The van der Waals surface area contributed by atoms with Crippen LogP contribution < -0.4 is 5.32 Å². The van der Waals surface area contributed by atoms with Gasteiger partial charge in [0.15, 0.2) is 0 Å². The van der Waals surface area contributed by atoms with Gasteiger partial charge in [0, 0.05) is 16.5 Å². The van der Waals surface area contributed by atoms with Gasteiger partial charge in [0.1, 0.15) is 11.5 Å². The summed E-state index contributed by atoms with van der Waals surface area (Å²) in [5.41, 5.74) is 2.41. The molecule has 23 heavy (non-hydrogen) atoms. The number of hydrogen-bond donors (Lipinski definition) is 1. The second-order valence-corrected chi connectivity index (χ2v) is 6.10.